The Morgan fingerprint density at radius 1 is 1.75 bits per heavy atom. The highest BCUT2D eigenvalue weighted by Crippen LogP contribution is 2.48. The molecule has 3 heteroatoms. The van der Waals surface area contributed by atoms with E-state index in [0.29, 0.717) is 11.8 Å². The number of nitriles is 1. The van der Waals surface area contributed by atoms with Crippen molar-refractivity contribution in [2.24, 2.45) is 0 Å². The van der Waals surface area contributed by atoms with Gasteiger partial charge in [0.2, 0.25) is 0 Å². The maximum Gasteiger partial charge on any atom is 0.0987 e. The van der Waals surface area contributed by atoms with Crippen LogP contribution in [0.4, 0.5) is 0 Å². The molecule has 2 rings (SSSR count). The van der Waals surface area contributed by atoms with E-state index in [1.54, 1.807) is 11.3 Å². The smallest absolute Gasteiger partial charge is 0.0987 e. The van der Waals surface area contributed by atoms with Gasteiger partial charge in [0.15, 0.2) is 0 Å². The number of hydrogen-bond acceptors (Lipinski definition) is 3. The molecule has 1 aliphatic carbocycles. The van der Waals surface area contributed by atoms with Crippen LogP contribution in [0.5, 0.6) is 0 Å². The Bertz CT molecular complexity index is 331. The molecule has 1 aromatic rings. The van der Waals surface area contributed by atoms with Gasteiger partial charge in [-0.05, 0) is 12.8 Å². The summed E-state index contributed by atoms with van der Waals surface area (Å²) < 4.78 is 0. The minimum atomic E-state index is 0.359. The lowest BCUT2D eigenvalue weighted by Gasteiger charge is -1.99. The van der Waals surface area contributed by atoms with Gasteiger partial charge < -0.3 is 0 Å². The predicted molar refractivity (Wildman–Crippen MR) is 48.0 cm³/mol. The SMILES string of the molecule is CC1(c2nc(CC#N)cs2)CC1. The molecular formula is C9H10N2S. The number of rotatable bonds is 2. The van der Waals surface area contributed by atoms with E-state index >= 15 is 0 Å². The monoisotopic (exact) mass is 178 g/mol. The highest BCUT2D eigenvalue weighted by Gasteiger charge is 2.41. The lowest BCUT2D eigenvalue weighted by Crippen LogP contribution is -1.98. The van der Waals surface area contributed by atoms with Crippen LogP contribution in [0.2, 0.25) is 0 Å². The van der Waals surface area contributed by atoms with Crippen molar-refractivity contribution in [1.29, 1.82) is 5.26 Å². The molecule has 0 unspecified atom stereocenters. The molecule has 0 aromatic carbocycles. The molecule has 1 aliphatic rings. The van der Waals surface area contributed by atoms with E-state index in [1.165, 1.54) is 17.8 Å². The van der Waals surface area contributed by atoms with E-state index in [9.17, 15) is 0 Å². The molecular weight excluding hydrogens is 168 g/mol. The van der Waals surface area contributed by atoms with Crippen LogP contribution >= 0.6 is 11.3 Å². The molecule has 0 spiro atoms. The van der Waals surface area contributed by atoms with Gasteiger partial charge >= 0.3 is 0 Å². The van der Waals surface area contributed by atoms with Gasteiger partial charge in [-0.1, -0.05) is 6.92 Å². The molecule has 1 aromatic heterocycles. The zero-order chi connectivity index (χ0) is 8.60. The summed E-state index contributed by atoms with van der Waals surface area (Å²) in [5.41, 5.74) is 1.30. The van der Waals surface area contributed by atoms with Crippen LogP contribution in [-0.2, 0) is 11.8 Å². The molecule has 12 heavy (non-hydrogen) atoms. The van der Waals surface area contributed by atoms with Gasteiger partial charge in [0.05, 0.1) is 23.2 Å². The van der Waals surface area contributed by atoms with E-state index in [2.05, 4.69) is 18.0 Å². The van der Waals surface area contributed by atoms with Crippen molar-refractivity contribution in [3.8, 4) is 6.07 Å². The van der Waals surface area contributed by atoms with Crippen molar-refractivity contribution < 1.29 is 0 Å². The van der Waals surface area contributed by atoms with Crippen molar-refractivity contribution in [3.05, 3.63) is 16.1 Å². The molecule has 62 valence electrons. The van der Waals surface area contributed by atoms with Crippen LogP contribution in [0.25, 0.3) is 0 Å². The molecule has 0 saturated heterocycles. The maximum absolute atomic E-state index is 8.46. The Kier molecular flexibility index (Phi) is 1.66. The van der Waals surface area contributed by atoms with Gasteiger partial charge in [0.25, 0.3) is 0 Å². The van der Waals surface area contributed by atoms with Crippen LogP contribution < -0.4 is 0 Å². The van der Waals surface area contributed by atoms with Crippen LogP contribution in [0, 0.1) is 11.3 Å². The minimum absolute atomic E-state index is 0.359. The summed E-state index contributed by atoms with van der Waals surface area (Å²) in [5.74, 6) is 0. The molecule has 0 N–H and O–H groups in total. The summed E-state index contributed by atoms with van der Waals surface area (Å²) in [5, 5.41) is 11.7. The van der Waals surface area contributed by atoms with Crippen LogP contribution in [-0.4, -0.2) is 4.98 Å². The molecule has 0 amide bonds. The number of thiazole rings is 1. The van der Waals surface area contributed by atoms with Crippen molar-refractivity contribution >= 4 is 11.3 Å². The minimum Gasteiger partial charge on any atom is -0.245 e. The summed E-state index contributed by atoms with van der Waals surface area (Å²) in [4.78, 5) is 4.43. The summed E-state index contributed by atoms with van der Waals surface area (Å²) in [6.07, 6.45) is 2.96. The predicted octanol–water partition coefficient (Wildman–Crippen LogP) is 2.26. The fourth-order valence-electron chi connectivity index (χ4n) is 1.15. The topological polar surface area (TPSA) is 36.7 Å². The fraction of sp³-hybridized carbons (Fsp3) is 0.556. The van der Waals surface area contributed by atoms with Gasteiger partial charge in [0.1, 0.15) is 0 Å². The molecule has 1 fully saturated rings. The number of hydrogen-bond donors (Lipinski definition) is 0. The zero-order valence-corrected chi connectivity index (χ0v) is 7.82. The van der Waals surface area contributed by atoms with Crippen LogP contribution in [0.15, 0.2) is 5.38 Å². The lowest BCUT2D eigenvalue weighted by atomic mass is 10.2. The first-order chi connectivity index (χ1) is 5.74. The molecule has 0 atom stereocenters. The summed E-state index contributed by atoms with van der Waals surface area (Å²) >= 11 is 1.70. The highest BCUT2D eigenvalue weighted by atomic mass is 32.1. The third-order valence-corrected chi connectivity index (χ3v) is 3.53. The fourth-order valence-corrected chi connectivity index (χ4v) is 2.19. The van der Waals surface area contributed by atoms with E-state index in [1.807, 2.05) is 5.38 Å². The van der Waals surface area contributed by atoms with Gasteiger partial charge in [-0.3, -0.25) is 0 Å². The molecule has 1 saturated carbocycles. The summed E-state index contributed by atoms with van der Waals surface area (Å²) in [7, 11) is 0. The average Bonchev–Trinajstić information content (AvgIpc) is 2.64. The second kappa shape index (κ2) is 2.56. The average molecular weight is 178 g/mol. The molecule has 1 heterocycles. The zero-order valence-electron chi connectivity index (χ0n) is 7.00. The van der Waals surface area contributed by atoms with E-state index in [0.717, 1.165) is 5.69 Å². The molecule has 2 nitrogen and oxygen atoms in total. The highest BCUT2D eigenvalue weighted by molar-refractivity contribution is 7.09. The Hall–Kier alpha value is -0.880. The van der Waals surface area contributed by atoms with Gasteiger partial charge in [0, 0.05) is 10.8 Å². The normalized spacial score (nSPS) is 18.7. The molecule has 0 aliphatic heterocycles. The standard InChI is InChI=1S/C9H10N2S/c1-9(3-4-9)8-11-7(2-5-10)6-12-8/h6H,2-4H2,1H3. The van der Waals surface area contributed by atoms with Gasteiger partial charge in [-0.15, -0.1) is 11.3 Å². The second-order valence-electron chi connectivity index (χ2n) is 3.54. The van der Waals surface area contributed by atoms with E-state index < -0.39 is 0 Å². The first-order valence-corrected chi connectivity index (χ1v) is 4.94. The number of nitrogens with zero attached hydrogens (tertiary/aromatic N) is 2. The third-order valence-electron chi connectivity index (χ3n) is 2.33. The van der Waals surface area contributed by atoms with Crippen LogP contribution in [0.1, 0.15) is 30.5 Å². The van der Waals surface area contributed by atoms with Gasteiger partial charge in [-0.2, -0.15) is 5.26 Å². The number of aromatic nitrogens is 1. The second-order valence-corrected chi connectivity index (χ2v) is 4.40. The lowest BCUT2D eigenvalue weighted by molar-refractivity contribution is 0.771. The quantitative estimate of drug-likeness (QED) is 0.696. The van der Waals surface area contributed by atoms with Crippen LogP contribution in [0.3, 0.4) is 0 Å². The van der Waals surface area contributed by atoms with Gasteiger partial charge in [-0.25, -0.2) is 4.98 Å². The van der Waals surface area contributed by atoms with E-state index in [4.69, 9.17) is 5.26 Å². The Morgan fingerprint density at radius 3 is 3.08 bits per heavy atom. The van der Waals surface area contributed by atoms with E-state index in [-0.39, 0.29) is 0 Å². The van der Waals surface area contributed by atoms with Crippen molar-refractivity contribution in [2.45, 2.75) is 31.6 Å². The summed E-state index contributed by atoms with van der Waals surface area (Å²) in [6.45, 7) is 2.24. The third kappa shape index (κ3) is 1.23. The molecule has 0 bridgehead atoms. The summed E-state index contributed by atoms with van der Waals surface area (Å²) in [6, 6.07) is 2.11. The Labute approximate surface area is 75.9 Å². The largest absolute Gasteiger partial charge is 0.245 e. The van der Waals surface area contributed by atoms with Crippen molar-refractivity contribution in [2.75, 3.05) is 0 Å². The molecule has 0 radical (unpaired) electrons. The van der Waals surface area contributed by atoms with Crippen molar-refractivity contribution in [1.82, 2.24) is 4.98 Å². The maximum atomic E-state index is 8.46. The Balaban J connectivity index is 2.20. The Morgan fingerprint density at radius 2 is 2.50 bits per heavy atom. The first kappa shape index (κ1) is 7.75. The van der Waals surface area contributed by atoms with Crippen molar-refractivity contribution in [3.63, 3.8) is 0 Å². The first-order valence-electron chi connectivity index (χ1n) is 4.06.